The van der Waals surface area contributed by atoms with Crippen LogP contribution in [0.4, 0.5) is 0 Å². The fourth-order valence-corrected chi connectivity index (χ4v) is 3.25. The van der Waals surface area contributed by atoms with Crippen LogP contribution in [-0.2, 0) is 14.3 Å². The molecule has 0 bridgehead atoms. The predicted molar refractivity (Wildman–Crippen MR) is 85.1 cm³/mol. The Kier molecular flexibility index (Phi) is 3.51. The first-order valence-electron chi connectivity index (χ1n) is 7.66. The molecule has 0 spiro atoms. The molecule has 0 aromatic rings. The summed E-state index contributed by atoms with van der Waals surface area (Å²) in [5, 5.41) is 0. The normalized spacial score (nSPS) is 18.3. The summed E-state index contributed by atoms with van der Waals surface area (Å²) < 4.78 is 4.76. The first-order chi connectivity index (χ1) is 10.4. The van der Waals surface area contributed by atoms with Gasteiger partial charge in [-0.05, 0) is 53.1 Å². The molecule has 1 heterocycles. The molecular formula is C19H20O3. The monoisotopic (exact) mass is 296 g/mol. The van der Waals surface area contributed by atoms with E-state index in [9.17, 15) is 9.59 Å². The van der Waals surface area contributed by atoms with Gasteiger partial charge in [0.05, 0.1) is 12.3 Å². The maximum atomic E-state index is 12.0. The summed E-state index contributed by atoms with van der Waals surface area (Å²) in [5.41, 5.74) is 6.62. The Labute approximate surface area is 130 Å². The molecule has 0 aromatic carbocycles. The van der Waals surface area contributed by atoms with Gasteiger partial charge in [0.2, 0.25) is 0 Å². The molecule has 1 fully saturated rings. The van der Waals surface area contributed by atoms with Crippen molar-refractivity contribution in [1.29, 1.82) is 0 Å². The van der Waals surface area contributed by atoms with Crippen LogP contribution >= 0.6 is 0 Å². The van der Waals surface area contributed by atoms with Crippen LogP contribution in [0.3, 0.4) is 0 Å². The molecule has 0 N–H and O–H groups in total. The highest BCUT2D eigenvalue weighted by Gasteiger charge is 2.38. The van der Waals surface area contributed by atoms with E-state index in [1.165, 1.54) is 11.1 Å². The zero-order valence-corrected chi connectivity index (χ0v) is 13.4. The molecule has 3 heteroatoms. The molecule has 0 radical (unpaired) electrons. The Morgan fingerprint density at radius 1 is 1.05 bits per heavy atom. The van der Waals surface area contributed by atoms with Crippen molar-refractivity contribution >= 4 is 11.9 Å². The molecule has 1 saturated heterocycles. The van der Waals surface area contributed by atoms with Gasteiger partial charge in [0.25, 0.3) is 0 Å². The smallest absolute Gasteiger partial charge is 0.321 e. The highest BCUT2D eigenvalue weighted by atomic mass is 16.6. The first kappa shape index (κ1) is 14.8. The number of rotatable bonds is 2. The van der Waals surface area contributed by atoms with Gasteiger partial charge in [-0.1, -0.05) is 38.1 Å². The maximum Gasteiger partial charge on any atom is 0.321 e. The third-order valence-electron chi connectivity index (χ3n) is 4.51. The summed E-state index contributed by atoms with van der Waals surface area (Å²) >= 11 is 0. The summed E-state index contributed by atoms with van der Waals surface area (Å²) in [5.74, 6) is -0.914. The van der Waals surface area contributed by atoms with Gasteiger partial charge in [-0.25, -0.2) is 0 Å². The standard InChI is InChI=1S/C19H20O3/c1-10(2)13-6-5-11(3)14-7-12(4)18(15(14)8-13)16-9-17(20)22-19(16)21/h5-8,10,16H,9H2,1-4H3. The van der Waals surface area contributed by atoms with E-state index in [-0.39, 0.29) is 6.42 Å². The van der Waals surface area contributed by atoms with Gasteiger partial charge in [0.1, 0.15) is 0 Å². The van der Waals surface area contributed by atoms with E-state index in [2.05, 4.69) is 45.0 Å². The van der Waals surface area contributed by atoms with Crippen LogP contribution < -0.4 is 0 Å². The molecule has 0 amide bonds. The van der Waals surface area contributed by atoms with E-state index in [0.717, 1.165) is 22.3 Å². The number of fused-ring (bicyclic) bond motifs is 1. The fraction of sp³-hybridized carbons (Fsp3) is 0.368. The van der Waals surface area contributed by atoms with Crippen molar-refractivity contribution in [2.24, 2.45) is 0 Å². The molecule has 1 unspecified atom stereocenters. The number of hydrogen-bond acceptors (Lipinski definition) is 3. The fourth-order valence-electron chi connectivity index (χ4n) is 3.25. The van der Waals surface area contributed by atoms with Crippen LogP contribution in [0.2, 0.25) is 0 Å². The number of carbonyl (C=O) groups is 2. The summed E-state index contributed by atoms with van der Waals surface area (Å²) in [4.78, 5) is 23.5. The number of cyclic esters (lactones) is 2. The van der Waals surface area contributed by atoms with Crippen LogP contribution in [0.15, 0.2) is 24.3 Å². The lowest BCUT2D eigenvalue weighted by Gasteiger charge is -2.09. The van der Waals surface area contributed by atoms with Gasteiger partial charge in [0, 0.05) is 0 Å². The van der Waals surface area contributed by atoms with Crippen molar-refractivity contribution in [2.45, 2.75) is 46.0 Å². The minimum absolute atomic E-state index is 0.146. The van der Waals surface area contributed by atoms with Gasteiger partial charge >= 0.3 is 11.9 Å². The van der Waals surface area contributed by atoms with Crippen LogP contribution in [0.25, 0.3) is 11.1 Å². The summed E-state index contributed by atoms with van der Waals surface area (Å²) in [6.07, 6.45) is 0.146. The molecule has 3 nitrogen and oxygen atoms in total. The van der Waals surface area contributed by atoms with Crippen molar-refractivity contribution in [3.8, 4) is 11.1 Å². The lowest BCUT2D eigenvalue weighted by atomic mass is 9.91. The summed E-state index contributed by atoms with van der Waals surface area (Å²) in [6.45, 7) is 8.38. The van der Waals surface area contributed by atoms with E-state index in [4.69, 9.17) is 4.74 Å². The number of aryl methyl sites for hydroxylation is 2. The highest BCUT2D eigenvalue weighted by Crippen LogP contribution is 2.42. The molecular weight excluding hydrogens is 276 g/mol. The Hall–Kier alpha value is -2.16. The number of carbonyl (C=O) groups excluding carboxylic acids is 2. The van der Waals surface area contributed by atoms with Crippen molar-refractivity contribution in [3.63, 3.8) is 0 Å². The van der Waals surface area contributed by atoms with Crippen molar-refractivity contribution < 1.29 is 14.3 Å². The third kappa shape index (κ3) is 2.31. The minimum Gasteiger partial charge on any atom is -0.393 e. The predicted octanol–water partition coefficient (Wildman–Crippen LogP) is 4.09. The molecule has 1 atom stereocenters. The maximum absolute atomic E-state index is 12.0. The van der Waals surface area contributed by atoms with Crippen LogP contribution in [0.1, 0.15) is 54.4 Å². The Morgan fingerprint density at radius 3 is 2.36 bits per heavy atom. The van der Waals surface area contributed by atoms with Gasteiger partial charge in [0.15, 0.2) is 0 Å². The van der Waals surface area contributed by atoms with Gasteiger partial charge < -0.3 is 4.74 Å². The van der Waals surface area contributed by atoms with Crippen molar-refractivity contribution in [1.82, 2.24) is 0 Å². The highest BCUT2D eigenvalue weighted by molar-refractivity contribution is 6.00. The van der Waals surface area contributed by atoms with Crippen LogP contribution in [0.5, 0.6) is 0 Å². The second kappa shape index (κ2) is 5.24. The second-order valence-electron chi connectivity index (χ2n) is 6.43. The Bertz CT molecular complexity index is 743. The van der Waals surface area contributed by atoms with Gasteiger partial charge in [-0.15, -0.1) is 0 Å². The van der Waals surface area contributed by atoms with Crippen LogP contribution in [-0.4, -0.2) is 11.9 Å². The largest absolute Gasteiger partial charge is 0.393 e. The second-order valence-corrected chi connectivity index (χ2v) is 6.43. The number of ether oxygens (including phenoxy) is 1. The number of esters is 2. The van der Waals surface area contributed by atoms with Gasteiger partial charge in [-0.2, -0.15) is 0 Å². The molecule has 0 aromatic heterocycles. The summed E-state index contributed by atoms with van der Waals surface area (Å²) in [6, 6.07) is 8.53. The van der Waals surface area contributed by atoms with Crippen molar-refractivity contribution in [3.05, 3.63) is 46.5 Å². The number of hydrogen-bond donors (Lipinski definition) is 0. The van der Waals surface area contributed by atoms with E-state index in [0.29, 0.717) is 5.92 Å². The minimum atomic E-state index is -0.466. The molecule has 3 aliphatic rings. The van der Waals surface area contributed by atoms with E-state index < -0.39 is 17.9 Å². The van der Waals surface area contributed by atoms with E-state index in [1.54, 1.807) is 0 Å². The summed E-state index contributed by atoms with van der Waals surface area (Å²) in [7, 11) is 0. The molecule has 22 heavy (non-hydrogen) atoms. The Morgan fingerprint density at radius 2 is 1.77 bits per heavy atom. The molecule has 1 aliphatic heterocycles. The van der Waals surface area contributed by atoms with Crippen molar-refractivity contribution in [2.75, 3.05) is 0 Å². The van der Waals surface area contributed by atoms with E-state index >= 15 is 0 Å². The Balaban J connectivity index is 2.24. The molecule has 114 valence electrons. The lowest BCUT2D eigenvalue weighted by Crippen LogP contribution is -2.06. The van der Waals surface area contributed by atoms with Crippen LogP contribution in [0, 0.1) is 13.8 Å². The van der Waals surface area contributed by atoms with Gasteiger partial charge in [-0.3, -0.25) is 9.59 Å². The average Bonchev–Trinajstić information content (AvgIpc) is 2.87. The topological polar surface area (TPSA) is 43.4 Å². The first-order valence-corrected chi connectivity index (χ1v) is 7.66. The molecule has 0 saturated carbocycles. The quantitative estimate of drug-likeness (QED) is 0.619. The average molecular weight is 296 g/mol. The zero-order valence-electron chi connectivity index (χ0n) is 13.4. The molecule has 3 rings (SSSR count). The third-order valence-corrected chi connectivity index (χ3v) is 4.51. The SMILES string of the molecule is Cc1ccc(C(C)C)cc2c(C3CC(=O)OC3=O)c(C)cc1-2. The van der Waals surface area contributed by atoms with E-state index in [1.807, 2.05) is 6.92 Å². The zero-order chi connectivity index (χ0) is 16.0. The lowest BCUT2D eigenvalue weighted by molar-refractivity contribution is -0.152. The molecule has 2 aliphatic carbocycles.